The maximum Gasteiger partial charge on any atom is 0.175 e. The number of rotatable bonds is 1. The molecule has 0 radical (unpaired) electrons. The smallest absolute Gasteiger partial charge is 0.175 e. The van der Waals surface area contributed by atoms with Crippen LogP contribution in [0, 0.1) is 5.92 Å². The van der Waals surface area contributed by atoms with Crippen molar-refractivity contribution in [2.24, 2.45) is 5.92 Å². The van der Waals surface area contributed by atoms with Crippen LogP contribution in [0.15, 0.2) is 0 Å². The van der Waals surface area contributed by atoms with E-state index in [1.807, 2.05) is 0 Å². The Hall–Kier alpha value is -0.480. The molecule has 0 spiro atoms. The predicted molar refractivity (Wildman–Crippen MR) is 33.3 cm³/mol. The summed E-state index contributed by atoms with van der Waals surface area (Å²) in [5, 5.41) is 11.7. The zero-order chi connectivity index (χ0) is 7.56. The second-order valence-electron chi connectivity index (χ2n) is 2.46. The fourth-order valence-electron chi connectivity index (χ4n) is 0.999. The molecule has 0 aliphatic carbocycles. The van der Waals surface area contributed by atoms with Crippen molar-refractivity contribution in [3.63, 3.8) is 0 Å². The van der Waals surface area contributed by atoms with Gasteiger partial charge < -0.3 is 10.4 Å². The zero-order valence-corrected chi connectivity index (χ0v) is 5.51. The quantitative estimate of drug-likeness (QED) is 0.505. The highest BCUT2D eigenvalue weighted by molar-refractivity contribution is 5.85. The fraction of sp³-hybridized carbons (Fsp3) is 0.833. The summed E-state index contributed by atoms with van der Waals surface area (Å²) in [7, 11) is 0. The van der Waals surface area contributed by atoms with Crippen molar-refractivity contribution in [1.82, 2.24) is 5.32 Å². The Kier molecular flexibility index (Phi) is 2.34. The third kappa shape index (κ3) is 1.33. The standard InChI is InChI=1S/C6H10FNO2/c7-1-4-2-8-3-5(9)6(4)10/h4,6,8,10H,1-3H2/t4-,6+/m0/s1. The molecule has 2 atom stereocenters. The minimum Gasteiger partial charge on any atom is -0.385 e. The number of hydrogen-bond acceptors (Lipinski definition) is 3. The molecular weight excluding hydrogens is 137 g/mol. The van der Waals surface area contributed by atoms with Crippen LogP contribution in [0.4, 0.5) is 4.39 Å². The van der Waals surface area contributed by atoms with Gasteiger partial charge in [0.25, 0.3) is 0 Å². The van der Waals surface area contributed by atoms with E-state index < -0.39 is 18.7 Å². The molecule has 0 bridgehead atoms. The van der Waals surface area contributed by atoms with E-state index in [1.54, 1.807) is 0 Å². The molecule has 10 heavy (non-hydrogen) atoms. The third-order valence-electron chi connectivity index (χ3n) is 1.68. The van der Waals surface area contributed by atoms with Crippen LogP contribution in [0.1, 0.15) is 0 Å². The fourth-order valence-corrected chi connectivity index (χ4v) is 0.999. The third-order valence-corrected chi connectivity index (χ3v) is 1.68. The number of carbonyl (C=O) groups excluding carboxylic acids is 1. The van der Waals surface area contributed by atoms with Crippen molar-refractivity contribution in [2.45, 2.75) is 6.10 Å². The Balaban J connectivity index is 2.51. The minimum absolute atomic E-state index is 0.164. The number of ketones is 1. The van der Waals surface area contributed by atoms with Crippen molar-refractivity contribution in [2.75, 3.05) is 19.8 Å². The second-order valence-corrected chi connectivity index (χ2v) is 2.46. The van der Waals surface area contributed by atoms with Crippen LogP contribution in [0.25, 0.3) is 0 Å². The SMILES string of the molecule is O=C1CNC[C@H](CF)[C@H]1O. The number of aliphatic hydroxyl groups excluding tert-OH is 1. The van der Waals surface area contributed by atoms with Gasteiger partial charge in [-0.3, -0.25) is 9.18 Å². The lowest BCUT2D eigenvalue weighted by Gasteiger charge is -2.24. The van der Waals surface area contributed by atoms with Gasteiger partial charge in [-0.15, -0.1) is 0 Å². The van der Waals surface area contributed by atoms with E-state index in [2.05, 4.69) is 5.32 Å². The van der Waals surface area contributed by atoms with E-state index >= 15 is 0 Å². The van der Waals surface area contributed by atoms with Gasteiger partial charge in [0.05, 0.1) is 13.2 Å². The van der Waals surface area contributed by atoms with Crippen LogP contribution in [-0.4, -0.2) is 36.8 Å². The molecule has 0 aromatic carbocycles. The van der Waals surface area contributed by atoms with E-state index in [4.69, 9.17) is 5.11 Å². The molecule has 1 rings (SSSR count). The molecular formula is C6H10FNO2. The predicted octanol–water partition coefficient (Wildman–Crippen LogP) is -0.895. The first-order valence-electron chi connectivity index (χ1n) is 3.23. The van der Waals surface area contributed by atoms with Crippen LogP contribution in [0.5, 0.6) is 0 Å². The molecule has 1 fully saturated rings. The minimum atomic E-state index is -1.09. The molecule has 1 aliphatic rings. The maximum atomic E-state index is 12.0. The van der Waals surface area contributed by atoms with Gasteiger partial charge in [-0.25, -0.2) is 0 Å². The van der Waals surface area contributed by atoms with Crippen molar-refractivity contribution in [3.8, 4) is 0 Å². The summed E-state index contributed by atoms with van der Waals surface area (Å²) in [5.74, 6) is -0.852. The number of piperidine rings is 1. The van der Waals surface area contributed by atoms with Gasteiger partial charge >= 0.3 is 0 Å². The molecule has 1 heterocycles. The first-order chi connectivity index (χ1) is 4.75. The number of aliphatic hydroxyl groups is 1. The van der Waals surface area contributed by atoms with E-state index in [1.165, 1.54) is 0 Å². The first kappa shape index (κ1) is 7.63. The van der Waals surface area contributed by atoms with E-state index in [0.717, 1.165) is 0 Å². The van der Waals surface area contributed by atoms with Crippen LogP contribution in [-0.2, 0) is 4.79 Å². The summed E-state index contributed by atoms with van der Waals surface area (Å²) in [5.41, 5.74) is 0. The van der Waals surface area contributed by atoms with E-state index in [-0.39, 0.29) is 12.3 Å². The number of Topliss-reactive ketones (excluding diaryl/α,β-unsaturated/α-hetero) is 1. The van der Waals surface area contributed by atoms with Crippen molar-refractivity contribution < 1.29 is 14.3 Å². The molecule has 1 aliphatic heterocycles. The summed E-state index contributed by atoms with van der Waals surface area (Å²) in [6, 6.07) is 0. The van der Waals surface area contributed by atoms with Crippen molar-refractivity contribution in [3.05, 3.63) is 0 Å². The van der Waals surface area contributed by atoms with Gasteiger partial charge in [-0.05, 0) is 0 Å². The largest absolute Gasteiger partial charge is 0.385 e. The number of alkyl halides is 1. The highest BCUT2D eigenvalue weighted by Crippen LogP contribution is 2.08. The lowest BCUT2D eigenvalue weighted by atomic mass is 9.97. The topological polar surface area (TPSA) is 49.3 Å². The number of carbonyl (C=O) groups is 1. The molecule has 0 aromatic rings. The Morgan fingerprint density at radius 1 is 1.80 bits per heavy atom. The Morgan fingerprint density at radius 3 is 3.00 bits per heavy atom. The number of halogens is 1. The molecule has 58 valence electrons. The molecule has 0 aromatic heterocycles. The number of nitrogens with one attached hydrogen (secondary N) is 1. The zero-order valence-electron chi connectivity index (χ0n) is 5.51. The monoisotopic (exact) mass is 147 g/mol. The molecule has 0 saturated carbocycles. The van der Waals surface area contributed by atoms with Crippen LogP contribution in [0.3, 0.4) is 0 Å². The summed E-state index contributed by atoms with van der Waals surface area (Å²) in [6.07, 6.45) is -1.09. The number of hydrogen-bond donors (Lipinski definition) is 2. The van der Waals surface area contributed by atoms with Gasteiger partial charge in [0.2, 0.25) is 0 Å². The lowest BCUT2D eigenvalue weighted by molar-refractivity contribution is -0.131. The van der Waals surface area contributed by atoms with Crippen molar-refractivity contribution in [1.29, 1.82) is 0 Å². The molecule has 2 N–H and O–H groups in total. The average molecular weight is 147 g/mol. The highest BCUT2D eigenvalue weighted by atomic mass is 19.1. The molecule has 1 saturated heterocycles. The molecule has 3 nitrogen and oxygen atoms in total. The van der Waals surface area contributed by atoms with E-state index in [0.29, 0.717) is 6.54 Å². The summed E-state index contributed by atoms with van der Waals surface area (Å²) in [6.45, 7) is -0.0824. The highest BCUT2D eigenvalue weighted by Gasteiger charge is 2.29. The second kappa shape index (κ2) is 3.07. The van der Waals surface area contributed by atoms with E-state index in [9.17, 15) is 9.18 Å². The Bertz CT molecular complexity index is 140. The summed E-state index contributed by atoms with van der Waals surface area (Å²) < 4.78 is 12.0. The normalized spacial score (nSPS) is 34.4. The maximum absolute atomic E-state index is 12.0. The Labute approximate surface area is 58.2 Å². The molecule has 4 heteroatoms. The molecule has 0 amide bonds. The van der Waals surface area contributed by atoms with Crippen LogP contribution < -0.4 is 5.32 Å². The van der Waals surface area contributed by atoms with Crippen molar-refractivity contribution >= 4 is 5.78 Å². The van der Waals surface area contributed by atoms with Gasteiger partial charge in [-0.2, -0.15) is 0 Å². The van der Waals surface area contributed by atoms with Gasteiger partial charge in [0, 0.05) is 12.5 Å². The van der Waals surface area contributed by atoms with Crippen LogP contribution in [0.2, 0.25) is 0 Å². The van der Waals surface area contributed by atoms with Crippen LogP contribution >= 0.6 is 0 Å². The average Bonchev–Trinajstić information content (AvgIpc) is 1.95. The van der Waals surface area contributed by atoms with Gasteiger partial charge in [0.1, 0.15) is 6.10 Å². The Morgan fingerprint density at radius 2 is 2.50 bits per heavy atom. The van der Waals surface area contributed by atoms with Gasteiger partial charge in [0.15, 0.2) is 5.78 Å². The summed E-state index contributed by atoms with van der Waals surface area (Å²) >= 11 is 0. The van der Waals surface area contributed by atoms with Gasteiger partial charge in [-0.1, -0.05) is 0 Å². The first-order valence-corrected chi connectivity index (χ1v) is 3.23. The summed E-state index contributed by atoms with van der Waals surface area (Å²) in [4.78, 5) is 10.7. The molecule has 0 unspecified atom stereocenters. The lowest BCUT2D eigenvalue weighted by Crippen LogP contribution is -2.48.